The molecule has 74 valence electrons. The molecular weight excluding hydrogens is 180 g/mol. The van der Waals surface area contributed by atoms with E-state index in [9.17, 15) is 4.79 Å². The zero-order valence-electron chi connectivity index (χ0n) is 7.63. The second kappa shape index (κ2) is 2.54. The molecule has 0 fully saturated rings. The summed E-state index contributed by atoms with van der Waals surface area (Å²) in [5.74, 6) is 0.100. The Morgan fingerprint density at radius 3 is 1.43 bits per heavy atom. The number of ketones is 1. The first kappa shape index (κ1) is 8.68. The summed E-state index contributed by atoms with van der Waals surface area (Å²) >= 11 is 0. The third-order valence-corrected chi connectivity index (χ3v) is 2.63. The van der Waals surface area contributed by atoms with Crippen LogP contribution in [0.5, 0.6) is 0 Å². The van der Waals surface area contributed by atoms with Gasteiger partial charge in [-0.1, -0.05) is 0 Å². The molecule has 0 atom stereocenters. The summed E-state index contributed by atoms with van der Waals surface area (Å²) in [6, 6.07) is 0. The predicted octanol–water partition coefficient (Wildman–Crippen LogP) is -0.317. The molecule has 8 N–H and O–H groups in total. The van der Waals surface area contributed by atoms with Gasteiger partial charge in [-0.05, 0) is 11.1 Å². The number of Topliss-reactive ketones (excluding diaryl/α,β-unsaturated/α-hetero) is 1. The quantitative estimate of drug-likeness (QED) is 0.420. The molecule has 1 aliphatic carbocycles. The summed E-state index contributed by atoms with van der Waals surface area (Å²) in [6.45, 7) is 0. The molecule has 0 saturated carbocycles. The van der Waals surface area contributed by atoms with E-state index in [-0.39, 0.29) is 17.2 Å². The highest BCUT2D eigenvalue weighted by Crippen LogP contribution is 2.39. The van der Waals surface area contributed by atoms with Crippen LogP contribution in [0.3, 0.4) is 0 Å². The molecule has 5 nitrogen and oxygen atoms in total. The molecule has 0 heterocycles. The Hall–Kier alpha value is -1.91. The van der Waals surface area contributed by atoms with E-state index in [4.69, 9.17) is 22.9 Å². The van der Waals surface area contributed by atoms with Gasteiger partial charge < -0.3 is 22.9 Å². The highest BCUT2D eigenvalue weighted by Gasteiger charge is 2.26. The first-order valence-corrected chi connectivity index (χ1v) is 4.27. The number of benzene rings is 1. The summed E-state index contributed by atoms with van der Waals surface area (Å²) in [5, 5.41) is 0. The minimum atomic E-state index is 0.100. The van der Waals surface area contributed by atoms with Crippen molar-refractivity contribution in [2.45, 2.75) is 12.8 Å². The minimum absolute atomic E-state index is 0.100. The number of fused-ring (bicyclic) bond motifs is 1. The lowest BCUT2D eigenvalue weighted by atomic mass is 10.0. The molecule has 0 saturated heterocycles. The van der Waals surface area contributed by atoms with Gasteiger partial charge >= 0.3 is 0 Å². The van der Waals surface area contributed by atoms with Crippen LogP contribution in [-0.2, 0) is 17.6 Å². The molecule has 1 aliphatic rings. The third kappa shape index (κ3) is 0.921. The maximum absolute atomic E-state index is 11.2. The van der Waals surface area contributed by atoms with Gasteiger partial charge in [-0.25, -0.2) is 0 Å². The molecule has 0 spiro atoms. The normalized spacial score (nSPS) is 14.4. The topological polar surface area (TPSA) is 121 Å². The van der Waals surface area contributed by atoms with Crippen molar-refractivity contribution in [2.75, 3.05) is 22.9 Å². The molecule has 0 aliphatic heterocycles. The first-order chi connectivity index (χ1) is 6.52. The smallest absolute Gasteiger partial charge is 0.141 e. The molecule has 0 bridgehead atoms. The Morgan fingerprint density at radius 1 is 0.714 bits per heavy atom. The maximum atomic E-state index is 11.2. The van der Waals surface area contributed by atoms with Crippen molar-refractivity contribution in [3.63, 3.8) is 0 Å². The Bertz CT molecular complexity index is 400. The van der Waals surface area contributed by atoms with E-state index in [1.54, 1.807) is 0 Å². The maximum Gasteiger partial charge on any atom is 0.141 e. The van der Waals surface area contributed by atoms with Crippen molar-refractivity contribution in [2.24, 2.45) is 0 Å². The minimum Gasteiger partial charge on any atom is -0.397 e. The lowest BCUT2D eigenvalue weighted by Crippen LogP contribution is -2.08. The zero-order chi connectivity index (χ0) is 10.5. The monoisotopic (exact) mass is 192 g/mol. The number of nitrogen functional groups attached to an aromatic ring is 4. The average Bonchev–Trinajstić information content (AvgIpc) is 2.54. The third-order valence-electron chi connectivity index (χ3n) is 2.63. The molecule has 0 unspecified atom stereocenters. The molecular formula is C9H12N4O. The predicted molar refractivity (Wildman–Crippen MR) is 56.5 cm³/mol. The molecule has 1 aromatic rings. The van der Waals surface area contributed by atoms with Crippen LogP contribution < -0.4 is 22.9 Å². The molecule has 1 aromatic carbocycles. The summed E-state index contributed by atoms with van der Waals surface area (Å²) in [6.07, 6.45) is 0.631. The van der Waals surface area contributed by atoms with Gasteiger partial charge in [0.25, 0.3) is 0 Å². The van der Waals surface area contributed by atoms with Gasteiger partial charge in [0.2, 0.25) is 0 Å². The van der Waals surface area contributed by atoms with Crippen LogP contribution in [0, 0.1) is 0 Å². The molecule has 0 aromatic heterocycles. The molecule has 0 radical (unpaired) electrons. The molecule has 14 heavy (non-hydrogen) atoms. The zero-order valence-corrected chi connectivity index (χ0v) is 7.63. The van der Waals surface area contributed by atoms with Gasteiger partial charge in [0.1, 0.15) is 5.78 Å². The van der Waals surface area contributed by atoms with Crippen molar-refractivity contribution in [1.82, 2.24) is 0 Å². The molecule has 5 heteroatoms. The van der Waals surface area contributed by atoms with Gasteiger partial charge in [-0.15, -0.1) is 0 Å². The number of rotatable bonds is 0. The van der Waals surface area contributed by atoms with E-state index in [1.165, 1.54) is 0 Å². The Kier molecular flexibility index (Phi) is 1.57. The number of nitrogens with two attached hydrogens (primary N) is 4. The number of carbonyl (C=O) groups is 1. The average molecular weight is 192 g/mol. The molecule has 2 rings (SSSR count). The summed E-state index contributed by atoms with van der Waals surface area (Å²) in [5.41, 5.74) is 25.7. The highest BCUT2D eigenvalue weighted by atomic mass is 16.1. The number of carbonyl (C=O) groups excluding carboxylic acids is 1. The standard InChI is InChI=1S/C9H12N4O/c10-6-4-1-3(14)2-5(4)7(11)9(13)8(6)12/h1-2,10-13H2. The number of hydrogen-bond acceptors (Lipinski definition) is 5. The second-order valence-electron chi connectivity index (χ2n) is 3.50. The summed E-state index contributed by atoms with van der Waals surface area (Å²) in [4.78, 5) is 11.2. The van der Waals surface area contributed by atoms with E-state index in [2.05, 4.69) is 0 Å². The van der Waals surface area contributed by atoms with E-state index in [0.717, 1.165) is 11.1 Å². The van der Waals surface area contributed by atoms with Crippen LogP contribution in [0.1, 0.15) is 11.1 Å². The lowest BCUT2D eigenvalue weighted by molar-refractivity contribution is -0.117. The van der Waals surface area contributed by atoms with E-state index < -0.39 is 0 Å². The molecule has 0 amide bonds. The highest BCUT2D eigenvalue weighted by molar-refractivity contribution is 6.00. The van der Waals surface area contributed by atoms with Crippen LogP contribution in [0.4, 0.5) is 22.7 Å². The summed E-state index contributed by atoms with van der Waals surface area (Å²) < 4.78 is 0. The van der Waals surface area contributed by atoms with Crippen LogP contribution in [0.2, 0.25) is 0 Å². The second-order valence-corrected chi connectivity index (χ2v) is 3.50. The summed E-state index contributed by atoms with van der Waals surface area (Å²) in [7, 11) is 0. The fourth-order valence-corrected chi connectivity index (χ4v) is 1.80. The van der Waals surface area contributed by atoms with Crippen molar-refractivity contribution in [3.8, 4) is 0 Å². The van der Waals surface area contributed by atoms with Crippen molar-refractivity contribution < 1.29 is 4.79 Å². The van der Waals surface area contributed by atoms with E-state index >= 15 is 0 Å². The van der Waals surface area contributed by atoms with E-state index in [0.29, 0.717) is 24.2 Å². The van der Waals surface area contributed by atoms with Crippen LogP contribution in [-0.4, -0.2) is 5.78 Å². The first-order valence-electron chi connectivity index (χ1n) is 4.27. The van der Waals surface area contributed by atoms with E-state index in [1.807, 2.05) is 0 Å². The lowest BCUT2D eigenvalue weighted by Gasteiger charge is -2.13. The number of anilines is 4. The van der Waals surface area contributed by atoms with Crippen molar-refractivity contribution >= 4 is 28.5 Å². The van der Waals surface area contributed by atoms with Gasteiger partial charge in [0.05, 0.1) is 22.7 Å². The van der Waals surface area contributed by atoms with Crippen LogP contribution in [0.15, 0.2) is 0 Å². The van der Waals surface area contributed by atoms with Gasteiger partial charge in [0.15, 0.2) is 0 Å². The van der Waals surface area contributed by atoms with Gasteiger partial charge in [0, 0.05) is 12.8 Å². The Labute approximate surface area is 81.0 Å². The SMILES string of the molecule is Nc1c(N)c(N)c2c(c1N)CC(=O)C2. The van der Waals surface area contributed by atoms with Gasteiger partial charge in [-0.3, -0.25) is 4.79 Å². The van der Waals surface area contributed by atoms with Crippen molar-refractivity contribution in [1.29, 1.82) is 0 Å². The Balaban J connectivity index is 2.76. The fraction of sp³-hybridized carbons (Fsp3) is 0.222. The van der Waals surface area contributed by atoms with Crippen LogP contribution in [0.25, 0.3) is 0 Å². The fourth-order valence-electron chi connectivity index (χ4n) is 1.80. The Morgan fingerprint density at radius 2 is 1.07 bits per heavy atom. The number of hydrogen-bond donors (Lipinski definition) is 4. The van der Waals surface area contributed by atoms with Crippen LogP contribution >= 0.6 is 0 Å². The van der Waals surface area contributed by atoms with Gasteiger partial charge in [-0.2, -0.15) is 0 Å². The van der Waals surface area contributed by atoms with Crippen molar-refractivity contribution in [3.05, 3.63) is 11.1 Å². The largest absolute Gasteiger partial charge is 0.397 e.